The van der Waals surface area contributed by atoms with Gasteiger partial charge in [0.15, 0.2) is 0 Å². The van der Waals surface area contributed by atoms with Gasteiger partial charge in [-0.15, -0.1) is 0 Å². The Morgan fingerprint density at radius 3 is 2.54 bits per heavy atom. The van der Waals surface area contributed by atoms with Crippen molar-refractivity contribution in [1.29, 1.82) is 0 Å². The first-order valence-electron chi connectivity index (χ1n) is 11.7. The molecule has 2 heterocycles. The van der Waals surface area contributed by atoms with Gasteiger partial charge in [-0.25, -0.2) is 17.5 Å². The van der Waals surface area contributed by atoms with Crippen LogP contribution in [0.15, 0.2) is 47.4 Å². The topological polar surface area (TPSA) is 107 Å². The van der Waals surface area contributed by atoms with Gasteiger partial charge in [-0.3, -0.25) is 14.5 Å². The first-order valence-corrected chi connectivity index (χ1v) is 13.1. The molecule has 2 aromatic carbocycles. The first kappa shape index (κ1) is 23.5. The van der Waals surface area contributed by atoms with Crippen molar-refractivity contribution in [3.05, 3.63) is 59.2 Å². The maximum Gasteiger partial charge on any atom is 0.325 e. The van der Waals surface area contributed by atoms with Gasteiger partial charge in [0.05, 0.1) is 4.90 Å². The van der Waals surface area contributed by atoms with Crippen LogP contribution in [0.25, 0.3) is 0 Å². The van der Waals surface area contributed by atoms with Crippen LogP contribution < -0.4 is 10.2 Å². The molecule has 4 amide bonds. The SMILES string of the molecule is CN(C)S(=O)(=O)c1ccc2c(c1)CCCN2C(=O)CN1C(=O)NC2(CCc3ccccc3C2)C1=O. The Bertz CT molecular complexity index is 1340. The zero-order valence-corrected chi connectivity index (χ0v) is 20.6. The fourth-order valence-electron chi connectivity index (χ4n) is 5.27. The van der Waals surface area contributed by atoms with Crippen LogP contribution in [-0.4, -0.2) is 68.2 Å². The predicted octanol–water partition coefficient (Wildman–Crippen LogP) is 1.70. The molecule has 9 nitrogen and oxygen atoms in total. The lowest BCUT2D eigenvalue weighted by Crippen LogP contribution is -2.52. The molecule has 1 fully saturated rings. The number of urea groups is 1. The Kier molecular flexibility index (Phi) is 5.68. The van der Waals surface area contributed by atoms with Crippen molar-refractivity contribution in [1.82, 2.24) is 14.5 Å². The molecule has 1 spiro atoms. The minimum Gasteiger partial charge on any atom is -0.323 e. The highest BCUT2D eigenvalue weighted by Gasteiger charge is 2.53. The summed E-state index contributed by atoms with van der Waals surface area (Å²) in [5.74, 6) is -0.735. The summed E-state index contributed by atoms with van der Waals surface area (Å²) in [6, 6.07) is 12.1. The lowest BCUT2D eigenvalue weighted by molar-refractivity contribution is -0.134. The highest BCUT2D eigenvalue weighted by molar-refractivity contribution is 7.89. The summed E-state index contributed by atoms with van der Waals surface area (Å²) in [6.45, 7) is 0.0824. The highest BCUT2D eigenvalue weighted by Crippen LogP contribution is 2.34. The number of nitrogens with one attached hydrogen (secondary N) is 1. The second-order valence-electron chi connectivity index (χ2n) is 9.58. The Balaban J connectivity index is 1.36. The number of hydrogen-bond donors (Lipinski definition) is 1. The average molecular weight is 497 g/mol. The van der Waals surface area contributed by atoms with Crippen molar-refractivity contribution in [2.24, 2.45) is 0 Å². The molecule has 10 heteroatoms. The van der Waals surface area contributed by atoms with Crippen molar-refractivity contribution >= 4 is 33.6 Å². The van der Waals surface area contributed by atoms with Crippen molar-refractivity contribution in [3.63, 3.8) is 0 Å². The summed E-state index contributed by atoms with van der Waals surface area (Å²) in [7, 11) is -0.649. The lowest BCUT2D eigenvalue weighted by atomic mass is 9.78. The number of sulfonamides is 1. The van der Waals surface area contributed by atoms with E-state index in [0.717, 1.165) is 20.3 Å². The average Bonchev–Trinajstić information content (AvgIpc) is 3.06. The molecule has 35 heavy (non-hydrogen) atoms. The second-order valence-corrected chi connectivity index (χ2v) is 11.7. The summed E-state index contributed by atoms with van der Waals surface area (Å²) in [5, 5.41) is 2.87. The third kappa shape index (κ3) is 3.90. The Morgan fingerprint density at radius 1 is 1.06 bits per heavy atom. The molecule has 2 aliphatic heterocycles. The normalized spacial score (nSPS) is 21.8. The molecule has 5 rings (SSSR count). The van der Waals surface area contributed by atoms with Gasteiger partial charge in [-0.1, -0.05) is 24.3 Å². The summed E-state index contributed by atoms with van der Waals surface area (Å²) in [6.07, 6.45) is 2.89. The fraction of sp³-hybridized carbons (Fsp3) is 0.400. The Labute approximate surface area is 204 Å². The number of rotatable bonds is 4. The van der Waals surface area contributed by atoms with E-state index in [0.29, 0.717) is 44.3 Å². The number of carbonyl (C=O) groups excluding carboxylic acids is 3. The number of imide groups is 1. The molecule has 1 saturated heterocycles. The van der Waals surface area contributed by atoms with E-state index in [2.05, 4.69) is 5.32 Å². The minimum atomic E-state index is -3.59. The van der Waals surface area contributed by atoms with E-state index >= 15 is 0 Å². The van der Waals surface area contributed by atoms with Crippen LogP contribution in [0, 0.1) is 0 Å². The smallest absolute Gasteiger partial charge is 0.323 e. The van der Waals surface area contributed by atoms with E-state index in [-0.39, 0.29) is 23.3 Å². The van der Waals surface area contributed by atoms with E-state index in [1.54, 1.807) is 17.0 Å². The number of nitrogens with zero attached hydrogens (tertiary/aromatic N) is 3. The Hall–Kier alpha value is -3.24. The van der Waals surface area contributed by atoms with Crippen LogP contribution in [0.5, 0.6) is 0 Å². The number of amides is 4. The van der Waals surface area contributed by atoms with Crippen LogP contribution in [-0.2, 0) is 38.9 Å². The molecule has 1 N–H and O–H groups in total. The van der Waals surface area contributed by atoms with Crippen LogP contribution in [0.3, 0.4) is 0 Å². The predicted molar refractivity (Wildman–Crippen MR) is 129 cm³/mol. The van der Waals surface area contributed by atoms with Crippen LogP contribution >= 0.6 is 0 Å². The summed E-state index contributed by atoms with van der Waals surface area (Å²) in [5.41, 5.74) is 2.57. The number of hydrogen-bond acceptors (Lipinski definition) is 5. The third-order valence-corrected chi connectivity index (χ3v) is 9.03. The molecule has 3 aliphatic rings. The van der Waals surface area contributed by atoms with Crippen molar-refractivity contribution in [2.45, 2.75) is 42.5 Å². The van der Waals surface area contributed by atoms with Gasteiger partial charge in [-0.2, -0.15) is 0 Å². The van der Waals surface area contributed by atoms with Crippen molar-refractivity contribution in [3.8, 4) is 0 Å². The van der Waals surface area contributed by atoms with Gasteiger partial charge in [0.1, 0.15) is 12.1 Å². The van der Waals surface area contributed by atoms with E-state index in [1.165, 1.54) is 25.7 Å². The maximum atomic E-state index is 13.4. The third-order valence-electron chi connectivity index (χ3n) is 7.22. The molecular weight excluding hydrogens is 468 g/mol. The van der Waals surface area contributed by atoms with Gasteiger partial charge in [0.25, 0.3) is 5.91 Å². The van der Waals surface area contributed by atoms with Crippen molar-refractivity contribution in [2.75, 3.05) is 32.1 Å². The summed E-state index contributed by atoms with van der Waals surface area (Å²) < 4.78 is 26.2. The van der Waals surface area contributed by atoms with Crippen LogP contribution in [0.4, 0.5) is 10.5 Å². The fourth-order valence-corrected chi connectivity index (χ4v) is 6.22. The molecule has 1 atom stereocenters. The van der Waals surface area contributed by atoms with Crippen molar-refractivity contribution < 1.29 is 22.8 Å². The molecule has 0 aromatic heterocycles. The molecule has 0 bridgehead atoms. The van der Waals surface area contributed by atoms with Crippen LogP contribution in [0.1, 0.15) is 29.5 Å². The molecule has 0 radical (unpaired) electrons. The van der Waals surface area contributed by atoms with E-state index in [4.69, 9.17) is 0 Å². The van der Waals surface area contributed by atoms with Crippen LogP contribution in [0.2, 0.25) is 0 Å². The molecule has 1 aliphatic carbocycles. The van der Waals surface area contributed by atoms with E-state index < -0.39 is 21.6 Å². The van der Waals surface area contributed by atoms with Gasteiger partial charge in [0, 0.05) is 32.7 Å². The molecular formula is C25H28N4O5S. The number of aryl methyl sites for hydroxylation is 2. The largest absolute Gasteiger partial charge is 0.325 e. The lowest BCUT2D eigenvalue weighted by Gasteiger charge is -2.33. The maximum absolute atomic E-state index is 13.4. The van der Waals surface area contributed by atoms with E-state index in [9.17, 15) is 22.8 Å². The Morgan fingerprint density at radius 2 is 1.80 bits per heavy atom. The molecule has 1 unspecified atom stereocenters. The van der Waals surface area contributed by atoms with Gasteiger partial charge in [-0.05, 0) is 60.6 Å². The molecule has 0 saturated carbocycles. The van der Waals surface area contributed by atoms with Gasteiger partial charge < -0.3 is 10.2 Å². The monoisotopic (exact) mass is 496 g/mol. The highest BCUT2D eigenvalue weighted by atomic mass is 32.2. The number of anilines is 1. The summed E-state index contributed by atoms with van der Waals surface area (Å²) >= 11 is 0. The van der Waals surface area contributed by atoms with Gasteiger partial charge in [0.2, 0.25) is 15.9 Å². The molecule has 2 aromatic rings. The van der Waals surface area contributed by atoms with Gasteiger partial charge >= 0.3 is 6.03 Å². The number of fused-ring (bicyclic) bond motifs is 2. The summed E-state index contributed by atoms with van der Waals surface area (Å²) in [4.78, 5) is 42.2. The minimum absolute atomic E-state index is 0.171. The van der Waals surface area contributed by atoms with E-state index in [1.807, 2.05) is 24.3 Å². The zero-order chi connectivity index (χ0) is 25.0. The zero-order valence-electron chi connectivity index (χ0n) is 19.8. The second kappa shape index (κ2) is 8.46. The number of carbonyl (C=O) groups is 3. The quantitative estimate of drug-likeness (QED) is 0.649. The number of benzene rings is 2. The standard InChI is InChI=1S/C25H28N4O5S/c1-27(2)35(33,34)20-9-10-21-18(14-20)8-5-13-28(21)22(30)16-29-23(31)25(26-24(29)32)12-11-17-6-3-4-7-19(17)15-25/h3-4,6-7,9-10,14H,5,8,11-13,15-16H2,1-2H3,(H,26,32). The molecule has 184 valence electrons. The first-order chi connectivity index (χ1) is 16.6.